The van der Waals surface area contributed by atoms with Crippen LogP contribution in [0.4, 0.5) is 4.79 Å². The highest BCUT2D eigenvalue weighted by atomic mass is 32.2. The molecule has 5 rings (SSSR count). The first-order chi connectivity index (χ1) is 33.1. The van der Waals surface area contributed by atoms with Gasteiger partial charge in [-0.25, -0.2) is 9.36 Å². The summed E-state index contributed by atoms with van der Waals surface area (Å²) >= 11 is 1.85. The minimum absolute atomic E-state index is 0.0371. The van der Waals surface area contributed by atoms with Gasteiger partial charge in [-0.3, -0.25) is 33.6 Å². The molecule has 8 N–H and O–H groups in total. The van der Waals surface area contributed by atoms with E-state index in [2.05, 4.69) is 31.9 Å². The van der Waals surface area contributed by atoms with Crippen LogP contribution in [0.1, 0.15) is 104 Å². The lowest BCUT2D eigenvalue weighted by Crippen LogP contribution is -2.58. The van der Waals surface area contributed by atoms with Gasteiger partial charge in [0, 0.05) is 43.4 Å². The largest absolute Gasteiger partial charge is 0.481 e. The lowest BCUT2D eigenvalue weighted by atomic mass is 9.97. The van der Waals surface area contributed by atoms with Crippen LogP contribution in [0.3, 0.4) is 0 Å². The van der Waals surface area contributed by atoms with Crippen LogP contribution in [-0.4, -0.2) is 123 Å². The standard InChI is InChI=1S/C47H66N7O13PS/c1-3-30(2)42(51-38(56)23-11-6-14-26-48-37(55)22-13-12-21-36-43-34(29-69-36)50-47(64)53-43)45(62)49-33(24-25-40(57)58)46(63)54-27-15-20-35(54)44(61)52-39(28-41(59)60)68(65,66-31-16-7-4-8-17-31)67-32-18-9-5-10-19-32/h4-5,7-10,16-19,30,33-36,39,42-43H,3,6,11-15,20-29H2,1-2H3,(H,48,55)(H,49,62)(H,51,56)(H,52,61)(H,57,58)(H,59,60)(H2,50,53,64)/t30-,33-,34-,35-,36-,39+,42-,43-/m0/s1. The van der Waals surface area contributed by atoms with Crippen LogP contribution in [0.15, 0.2) is 60.7 Å². The Morgan fingerprint density at radius 1 is 0.826 bits per heavy atom. The van der Waals surface area contributed by atoms with Gasteiger partial charge in [0.2, 0.25) is 29.5 Å². The zero-order valence-electron chi connectivity index (χ0n) is 39.1. The molecular formula is C47H66N7O13PS. The minimum Gasteiger partial charge on any atom is -0.481 e. The maximum Gasteiger partial charge on any atom is 0.453 e. The number of nitrogens with zero attached hydrogens (tertiary/aromatic N) is 1. The van der Waals surface area contributed by atoms with Gasteiger partial charge in [0.05, 0.1) is 18.5 Å². The predicted octanol–water partition coefficient (Wildman–Crippen LogP) is 4.53. The van der Waals surface area contributed by atoms with Crippen molar-refractivity contribution in [1.29, 1.82) is 0 Å². The van der Waals surface area contributed by atoms with Crippen molar-refractivity contribution < 1.29 is 62.2 Å². The van der Waals surface area contributed by atoms with Crippen LogP contribution in [0.2, 0.25) is 0 Å². The van der Waals surface area contributed by atoms with Crippen molar-refractivity contribution >= 4 is 66.9 Å². The second-order valence-electron chi connectivity index (χ2n) is 17.6. The first kappa shape index (κ1) is 54.1. The molecule has 0 bridgehead atoms. The fourth-order valence-electron chi connectivity index (χ4n) is 8.49. The first-order valence-electron chi connectivity index (χ1n) is 23.7. The van der Waals surface area contributed by atoms with Crippen LogP contribution < -0.4 is 40.9 Å². The lowest BCUT2D eigenvalue weighted by Gasteiger charge is -2.32. The van der Waals surface area contributed by atoms with Gasteiger partial charge in [0.15, 0.2) is 5.78 Å². The van der Waals surface area contributed by atoms with Crippen LogP contribution in [-0.2, 0) is 38.1 Å². The van der Waals surface area contributed by atoms with E-state index in [9.17, 15) is 53.1 Å². The molecule has 3 heterocycles. The molecule has 69 heavy (non-hydrogen) atoms. The van der Waals surface area contributed by atoms with E-state index in [1.54, 1.807) is 43.3 Å². The number of para-hydroxylation sites is 2. The maximum absolute atomic E-state index is 14.6. The van der Waals surface area contributed by atoms with Crippen LogP contribution in [0.5, 0.6) is 11.5 Å². The summed E-state index contributed by atoms with van der Waals surface area (Å²) < 4.78 is 26.2. The van der Waals surface area contributed by atoms with Crippen molar-refractivity contribution in [1.82, 2.24) is 36.8 Å². The zero-order valence-corrected chi connectivity index (χ0v) is 40.8. The van der Waals surface area contributed by atoms with E-state index >= 15 is 0 Å². The number of thioether (sulfide) groups is 1. The predicted molar refractivity (Wildman–Crippen MR) is 256 cm³/mol. The molecule has 2 aromatic carbocycles. The number of benzene rings is 2. The second-order valence-corrected chi connectivity index (χ2v) is 21.0. The van der Waals surface area contributed by atoms with Gasteiger partial charge in [-0.1, -0.05) is 69.5 Å². The monoisotopic (exact) mass is 999 g/mol. The SMILES string of the molecule is CC[C@H](C)[C@H](NC(=O)CCCCCNC(=O)CCCC[C@@H]1SC[C@@H]2NC(=O)N[C@@H]21)C(=O)N[C@@H](CCC(=O)O)C(=O)N1CCC[C@H]1C(=O)N[C@@H](CC(=O)O)P(=O)(Oc1ccccc1)Oc1ccccc1. The maximum atomic E-state index is 14.6. The lowest BCUT2D eigenvalue weighted by molar-refractivity contribution is -0.143. The average molecular weight is 1000 g/mol. The highest BCUT2D eigenvalue weighted by Crippen LogP contribution is 2.53. The highest BCUT2D eigenvalue weighted by molar-refractivity contribution is 8.00. The molecule has 3 aliphatic heterocycles. The number of carboxylic acids is 2. The number of hydrogen-bond acceptors (Lipinski definition) is 12. The fraction of sp³-hybridized carbons (Fsp3) is 0.574. The molecule has 0 spiro atoms. The number of amides is 7. The number of carbonyl (C=O) groups excluding carboxylic acids is 6. The van der Waals surface area contributed by atoms with Crippen molar-refractivity contribution in [2.45, 2.75) is 145 Å². The topological polar surface area (TPSA) is 288 Å². The third-order valence-electron chi connectivity index (χ3n) is 12.4. The molecule has 3 saturated heterocycles. The van der Waals surface area contributed by atoms with E-state index < -0.39 is 85.8 Å². The molecule has 3 fully saturated rings. The molecule has 2 aromatic rings. The number of fused-ring (bicyclic) bond motifs is 1. The Kier molecular flexibility index (Phi) is 21.0. The number of unbranched alkanes of at least 4 members (excludes halogenated alkanes) is 3. The Morgan fingerprint density at radius 3 is 2.12 bits per heavy atom. The summed E-state index contributed by atoms with van der Waals surface area (Å²) in [5.41, 5.74) is 0. The molecule has 0 radical (unpaired) electrons. The van der Waals surface area contributed by atoms with E-state index in [0.29, 0.717) is 50.3 Å². The number of carboxylic acid groups (broad SMARTS) is 2. The van der Waals surface area contributed by atoms with Crippen molar-refractivity contribution in [3.05, 3.63) is 60.7 Å². The Morgan fingerprint density at radius 2 is 1.48 bits per heavy atom. The van der Waals surface area contributed by atoms with Gasteiger partial charge in [-0.2, -0.15) is 11.8 Å². The van der Waals surface area contributed by atoms with Crippen LogP contribution in [0, 0.1) is 5.92 Å². The molecule has 22 heteroatoms. The van der Waals surface area contributed by atoms with Gasteiger partial charge in [0.25, 0.3) is 0 Å². The number of carbonyl (C=O) groups is 8. The van der Waals surface area contributed by atoms with Gasteiger partial charge < -0.3 is 56.1 Å². The highest BCUT2D eigenvalue weighted by Gasteiger charge is 2.46. The number of urea groups is 1. The first-order valence-corrected chi connectivity index (χ1v) is 26.4. The van der Waals surface area contributed by atoms with E-state index in [1.165, 1.54) is 29.2 Å². The van der Waals surface area contributed by atoms with Gasteiger partial charge >= 0.3 is 25.6 Å². The quantitative estimate of drug-likeness (QED) is 0.0316. The number of aliphatic carboxylic acids is 2. The van der Waals surface area contributed by atoms with Crippen molar-refractivity contribution in [2.75, 3.05) is 18.8 Å². The average Bonchev–Trinajstić information content (AvgIpc) is 4.06. The third kappa shape index (κ3) is 16.7. The molecule has 0 aromatic heterocycles. The van der Waals surface area contributed by atoms with E-state index in [4.69, 9.17) is 9.05 Å². The minimum atomic E-state index is -4.58. The number of likely N-dealkylation sites (tertiary alicyclic amines) is 1. The van der Waals surface area contributed by atoms with Crippen molar-refractivity contribution in [2.24, 2.45) is 5.92 Å². The third-order valence-corrected chi connectivity index (χ3v) is 15.9. The molecule has 378 valence electrons. The molecule has 8 atom stereocenters. The van der Waals surface area contributed by atoms with Crippen LogP contribution in [0.25, 0.3) is 0 Å². The van der Waals surface area contributed by atoms with E-state index in [1.807, 2.05) is 18.7 Å². The van der Waals surface area contributed by atoms with Crippen molar-refractivity contribution in [3.8, 4) is 11.5 Å². The molecule has 7 amide bonds. The van der Waals surface area contributed by atoms with Gasteiger partial charge in [0.1, 0.15) is 29.6 Å². The van der Waals surface area contributed by atoms with E-state index in [0.717, 1.165) is 25.0 Å². The molecule has 3 aliphatic rings. The molecule has 0 aliphatic carbocycles. The van der Waals surface area contributed by atoms with Crippen LogP contribution >= 0.6 is 19.4 Å². The number of rotatable bonds is 29. The Labute approximate surface area is 406 Å². The summed E-state index contributed by atoms with van der Waals surface area (Å²) in [5.74, 6) is -6.51. The normalized spacial score (nSPS) is 20.2. The number of hydrogen-bond donors (Lipinski definition) is 8. The molecule has 0 unspecified atom stereocenters. The van der Waals surface area contributed by atoms with E-state index in [-0.39, 0.29) is 61.3 Å². The Hall–Kier alpha value is -5.82. The van der Waals surface area contributed by atoms with Gasteiger partial charge in [-0.05, 0) is 75.1 Å². The number of nitrogens with one attached hydrogen (secondary N) is 6. The summed E-state index contributed by atoms with van der Waals surface area (Å²) in [5, 5.41) is 36.6. The molecule has 0 saturated carbocycles. The Balaban J connectivity index is 1.13. The summed E-state index contributed by atoms with van der Waals surface area (Å²) in [6, 6.07) is 12.2. The second kappa shape index (κ2) is 26.8. The summed E-state index contributed by atoms with van der Waals surface area (Å²) in [7, 11) is -4.58. The fourth-order valence-corrected chi connectivity index (χ4v) is 11.8. The molecular weight excluding hydrogens is 934 g/mol. The van der Waals surface area contributed by atoms with Gasteiger partial charge in [-0.15, -0.1) is 0 Å². The summed E-state index contributed by atoms with van der Waals surface area (Å²) in [4.78, 5) is 105. The smallest absolute Gasteiger partial charge is 0.453 e. The van der Waals surface area contributed by atoms with Crippen molar-refractivity contribution in [3.63, 3.8) is 0 Å². The Bertz CT molecular complexity index is 2090. The zero-order chi connectivity index (χ0) is 49.9. The summed E-state index contributed by atoms with van der Waals surface area (Å²) in [6.45, 7) is 4.08. The molecule has 20 nitrogen and oxygen atoms in total. The summed E-state index contributed by atoms with van der Waals surface area (Å²) in [6.07, 6.45) is 4.01.